The number of nitrogens with two attached hydrogens (primary N) is 1. The normalized spacial score (nSPS) is 13.9. The van der Waals surface area contributed by atoms with E-state index < -0.39 is 5.82 Å². The van der Waals surface area contributed by atoms with E-state index in [4.69, 9.17) is 14.9 Å². The molecule has 116 valence electrons. The molecule has 0 atom stereocenters. The van der Waals surface area contributed by atoms with Crippen LogP contribution in [0.4, 0.5) is 10.1 Å². The summed E-state index contributed by atoms with van der Waals surface area (Å²) in [4.78, 5) is 12.2. The average molecular weight is 304 g/mol. The Bertz CT molecular complexity index is 680. The molecule has 5 nitrogen and oxygen atoms in total. The first-order valence-electron chi connectivity index (χ1n) is 7.17. The van der Waals surface area contributed by atoms with Gasteiger partial charge in [0.1, 0.15) is 23.6 Å². The molecular weight excluding hydrogens is 287 g/mol. The average Bonchev–Trinajstić information content (AvgIpc) is 3.21. The van der Waals surface area contributed by atoms with Gasteiger partial charge in [-0.25, -0.2) is 4.39 Å². The third-order valence-electron chi connectivity index (χ3n) is 3.48. The van der Waals surface area contributed by atoms with E-state index in [2.05, 4.69) is 5.32 Å². The topological polar surface area (TPSA) is 77.5 Å². The van der Waals surface area contributed by atoms with Gasteiger partial charge in [-0.3, -0.25) is 4.79 Å². The molecule has 22 heavy (non-hydrogen) atoms. The Hall–Kier alpha value is -2.34. The third-order valence-corrected chi connectivity index (χ3v) is 3.48. The number of furan rings is 1. The van der Waals surface area contributed by atoms with E-state index in [1.165, 1.54) is 24.5 Å². The maximum absolute atomic E-state index is 13.4. The summed E-state index contributed by atoms with van der Waals surface area (Å²) in [5.74, 6) is 0.633. The predicted octanol–water partition coefficient (Wildman–Crippen LogP) is 2.92. The third kappa shape index (κ3) is 3.46. The quantitative estimate of drug-likeness (QED) is 0.860. The van der Waals surface area contributed by atoms with Gasteiger partial charge in [0.25, 0.3) is 5.91 Å². The van der Waals surface area contributed by atoms with Crippen molar-refractivity contribution < 1.29 is 18.3 Å². The van der Waals surface area contributed by atoms with Crippen LogP contribution < -0.4 is 15.8 Å². The van der Waals surface area contributed by atoms with Crippen molar-refractivity contribution in [1.82, 2.24) is 0 Å². The van der Waals surface area contributed by atoms with Crippen molar-refractivity contribution in [1.29, 1.82) is 0 Å². The molecule has 1 fully saturated rings. The van der Waals surface area contributed by atoms with Crippen molar-refractivity contribution >= 4 is 11.6 Å². The highest BCUT2D eigenvalue weighted by atomic mass is 19.1. The first-order chi connectivity index (χ1) is 10.7. The van der Waals surface area contributed by atoms with E-state index in [1.54, 1.807) is 6.07 Å². The largest absolute Gasteiger partial charge is 0.491 e. The molecular formula is C16H17FN2O3. The van der Waals surface area contributed by atoms with Crippen molar-refractivity contribution in [3.63, 3.8) is 0 Å². The molecule has 0 spiro atoms. The molecule has 0 saturated heterocycles. The van der Waals surface area contributed by atoms with Crippen LogP contribution in [0.3, 0.4) is 0 Å². The van der Waals surface area contributed by atoms with Gasteiger partial charge in [-0.15, -0.1) is 0 Å². The van der Waals surface area contributed by atoms with Crippen LogP contribution in [-0.4, -0.2) is 12.5 Å². The maximum Gasteiger partial charge on any atom is 0.259 e. The zero-order valence-corrected chi connectivity index (χ0v) is 12.0. The second-order valence-electron chi connectivity index (χ2n) is 5.35. The van der Waals surface area contributed by atoms with Crippen molar-refractivity contribution in [2.24, 2.45) is 11.7 Å². The number of hydrogen-bond donors (Lipinski definition) is 2. The number of carbonyl (C=O) groups excluding carboxylic acids is 1. The monoisotopic (exact) mass is 304 g/mol. The molecule has 0 radical (unpaired) electrons. The van der Waals surface area contributed by atoms with Crippen LogP contribution in [0.15, 0.2) is 34.9 Å². The summed E-state index contributed by atoms with van der Waals surface area (Å²) < 4.78 is 24.1. The summed E-state index contributed by atoms with van der Waals surface area (Å²) >= 11 is 0. The fourth-order valence-electron chi connectivity index (χ4n) is 2.01. The summed E-state index contributed by atoms with van der Waals surface area (Å²) in [6, 6.07) is 5.61. The van der Waals surface area contributed by atoms with Gasteiger partial charge in [-0.1, -0.05) is 0 Å². The number of amides is 1. The minimum atomic E-state index is -0.405. The summed E-state index contributed by atoms with van der Waals surface area (Å²) in [5.41, 5.74) is 6.24. The number of halogens is 1. The van der Waals surface area contributed by atoms with Crippen LogP contribution in [0.2, 0.25) is 0 Å². The van der Waals surface area contributed by atoms with Crippen molar-refractivity contribution in [3.05, 3.63) is 47.7 Å². The molecule has 1 aliphatic carbocycles. The first kappa shape index (κ1) is 14.6. The highest BCUT2D eigenvalue weighted by Gasteiger charge is 2.23. The number of hydrogen-bond acceptors (Lipinski definition) is 4. The molecule has 1 saturated carbocycles. The fourth-order valence-corrected chi connectivity index (χ4v) is 2.01. The molecule has 1 aromatic carbocycles. The number of ether oxygens (including phenoxy) is 1. The minimum absolute atomic E-state index is 0.222. The Morgan fingerprint density at radius 3 is 2.91 bits per heavy atom. The molecule has 1 aliphatic rings. The molecule has 3 rings (SSSR count). The molecule has 2 aromatic rings. The van der Waals surface area contributed by atoms with Gasteiger partial charge >= 0.3 is 0 Å². The molecule has 6 heteroatoms. The van der Waals surface area contributed by atoms with Gasteiger partial charge < -0.3 is 20.2 Å². The molecule has 0 bridgehead atoms. The second-order valence-corrected chi connectivity index (χ2v) is 5.35. The smallest absolute Gasteiger partial charge is 0.259 e. The summed E-state index contributed by atoms with van der Waals surface area (Å²) in [7, 11) is 0. The number of carbonyl (C=O) groups is 1. The van der Waals surface area contributed by atoms with Crippen molar-refractivity contribution in [2.45, 2.75) is 19.4 Å². The lowest BCUT2D eigenvalue weighted by molar-refractivity contribution is 0.102. The Labute approximate surface area is 127 Å². The van der Waals surface area contributed by atoms with Gasteiger partial charge in [0.2, 0.25) is 0 Å². The van der Waals surface area contributed by atoms with Crippen molar-refractivity contribution in [2.75, 3.05) is 11.9 Å². The van der Waals surface area contributed by atoms with Gasteiger partial charge in [0, 0.05) is 6.07 Å². The van der Waals surface area contributed by atoms with Gasteiger partial charge in [-0.05, 0) is 37.0 Å². The molecule has 3 N–H and O–H groups in total. The minimum Gasteiger partial charge on any atom is -0.491 e. The summed E-state index contributed by atoms with van der Waals surface area (Å²) in [6.07, 6.45) is 3.60. The molecule has 0 aliphatic heterocycles. The van der Waals surface area contributed by atoms with E-state index in [0.717, 1.165) is 12.8 Å². The lowest BCUT2D eigenvalue weighted by Gasteiger charge is -2.12. The number of benzene rings is 1. The van der Waals surface area contributed by atoms with Crippen LogP contribution in [-0.2, 0) is 6.54 Å². The summed E-state index contributed by atoms with van der Waals surface area (Å²) in [6.45, 7) is 0.759. The van der Waals surface area contributed by atoms with Crippen LogP contribution >= 0.6 is 0 Å². The van der Waals surface area contributed by atoms with Gasteiger partial charge in [0.15, 0.2) is 0 Å². The zero-order valence-electron chi connectivity index (χ0n) is 12.0. The SMILES string of the molecule is NCc1cc(C(=O)Nc2ccc(F)cc2OCC2CC2)co1. The van der Waals surface area contributed by atoms with Crippen molar-refractivity contribution in [3.8, 4) is 5.75 Å². The van der Waals surface area contributed by atoms with E-state index in [-0.39, 0.29) is 12.5 Å². The molecule has 1 aromatic heterocycles. The molecule has 1 heterocycles. The molecule has 1 amide bonds. The standard InChI is InChI=1S/C16H17FN2O3/c17-12-3-4-14(15(6-12)22-8-10-1-2-10)19-16(20)11-5-13(7-18)21-9-11/h3-6,9-10H,1-2,7-8,18H2,(H,19,20). The predicted molar refractivity (Wildman–Crippen MR) is 79.2 cm³/mol. The number of anilines is 1. The van der Waals surface area contributed by atoms with E-state index in [1.807, 2.05) is 0 Å². The van der Waals surface area contributed by atoms with E-state index >= 15 is 0 Å². The Morgan fingerprint density at radius 2 is 2.23 bits per heavy atom. The Morgan fingerprint density at radius 1 is 1.41 bits per heavy atom. The van der Waals surface area contributed by atoms with Crippen LogP contribution in [0, 0.1) is 11.7 Å². The fraction of sp³-hybridized carbons (Fsp3) is 0.312. The number of nitrogens with one attached hydrogen (secondary N) is 1. The van der Waals surface area contributed by atoms with Crippen LogP contribution in [0.5, 0.6) is 5.75 Å². The van der Waals surface area contributed by atoms with Crippen LogP contribution in [0.25, 0.3) is 0 Å². The van der Waals surface area contributed by atoms with E-state index in [0.29, 0.717) is 35.3 Å². The lowest BCUT2D eigenvalue weighted by atomic mass is 10.2. The maximum atomic E-state index is 13.4. The summed E-state index contributed by atoms with van der Waals surface area (Å²) in [5, 5.41) is 2.70. The van der Waals surface area contributed by atoms with Gasteiger partial charge in [-0.2, -0.15) is 0 Å². The zero-order chi connectivity index (χ0) is 15.5. The van der Waals surface area contributed by atoms with E-state index in [9.17, 15) is 9.18 Å². The number of rotatable bonds is 6. The Kier molecular flexibility index (Phi) is 4.11. The lowest BCUT2D eigenvalue weighted by Crippen LogP contribution is -2.13. The van der Waals surface area contributed by atoms with Gasteiger partial charge in [0.05, 0.1) is 24.4 Å². The highest BCUT2D eigenvalue weighted by molar-refractivity contribution is 6.04. The Balaban J connectivity index is 1.73. The van der Waals surface area contributed by atoms with Crippen LogP contribution in [0.1, 0.15) is 29.0 Å². The molecule has 0 unspecified atom stereocenters. The second kappa shape index (κ2) is 6.19. The highest BCUT2D eigenvalue weighted by Crippen LogP contribution is 2.32. The first-order valence-corrected chi connectivity index (χ1v) is 7.17.